The highest BCUT2D eigenvalue weighted by Crippen LogP contribution is 2.35. The van der Waals surface area contributed by atoms with Gasteiger partial charge in [0.2, 0.25) is 0 Å². The van der Waals surface area contributed by atoms with Gasteiger partial charge < -0.3 is 0 Å². The summed E-state index contributed by atoms with van der Waals surface area (Å²) in [4.78, 5) is 25.3. The summed E-state index contributed by atoms with van der Waals surface area (Å²) in [7, 11) is 0. The summed E-state index contributed by atoms with van der Waals surface area (Å²) < 4.78 is 1.26. The zero-order valence-corrected chi connectivity index (χ0v) is 8.54. The van der Waals surface area contributed by atoms with Crippen molar-refractivity contribution in [3.8, 4) is 0 Å². The molecule has 0 aliphatic heterocycles. The minimum Gasteiger partial charge on any atom is -0.298 e. The topological polar surface area (TPSA) is 54.9 Å². The van der Waals surface area contributed by atoms with E-state index < -0.39 is 5.69 Å². The van der Waals surface area contributed by atoms with Crippen LogP contribution in [-0.2, 0) is 0 Å². The monoisotopic (exact) mass is 214 g/mol. The standard InChI is InChI=1S/C9H11ClN2O2/c1-5-2-6(3-5)12-8(13)4-7(10)11-9(12)14/h4-6H,2-3H2,1H3,(H,11,14). The van der Waals surface area contributed by atoms with E-state index in [1.807, 2.05) is 0 Å². The first-order valence-electron chi connectivity index (χ1n) is 4.59. The Morgan fingerprint density at radius 2 is 2.14 bits per heavy atom. The van der Waals surface area contributed by atoms with E-state index >= 15 is 0 Å². The lowest BCUT2D eigenvalue weighted by atomic mass is 9.82. The predicted molar refractivity (Wildman–Crippen MR) is 53.8 cm³/mol. The molecule has 5 heteroatoms. The van der Waals surface area contributed by atoms with Gasteiger partial charge in [-0.3, -0.25) is 14.3 Å². The van der Waals surface area contributed by atoms with Crippen LogP contribution in [0.2, 0.25) is 5.15 Å². The van der Waals surface area contributed by atoms with Gasteiger partial charge in [0.1, 0.15) is 5.15 Å². The van der Waals surface area contributed by atoms with Crippen LogP contribution < -0.4 is 11.2 Å². The Bertz CT molecular complexity index is 425. The normalized spacial score (nSPS) is 25.9. The molecule has 0 bridgehead atoms. The summed E-state index contributed by atoms with van der Waals surface area (Å²) in [5.74, 6) is 0.599. The summed E-state index contributed by atoms with van der Waals surface area (Å²) in [6, 6.07) is 1.30. The van der Waals surface area contributed by atoms with Crippen LogP contribution in [0.5, 0.6) is 0 Å². The molecule has 1 heterocycles. The van der Waals surface area contributed by atoms with Crippen molar-refractivity contribution < 1.29 is 0 Å². The first-order chi connectivity index (χ1) is 6.58. The Hall–Kier alpha value is -1.03. The molecule has 2 rings (SSSR count). The average Bonchev–Trinajstić information content (AvgIpc) is 1.99. The fourth-order valence-corrected chi connectivity index (χ4v) is 2.07. The van der Waals surface area contributed by atoms with Crippen molar-refractivity contribution in [3.05, 3.63) is 32.1 Å². The summed E-state index contributed by atoms with van der Waals surface area (Å²) in [6.45, 7) is 2.10. The number of aromatic nitrogens is 2. The number of aromatic amines is 1. The molecule has 1 aromatic heterocycles. The molecule has 1 aliphatic rings. The zero-order chi connectivity index (χ0) is 10.3. The van der Waals surface area contributed by atoms with Crippen LogP contribution in [0.25, 0.3) is 0 Å². The van der Waals surface area contributed by atoms with Gasteiger partial charge in [0, 0.05) is 12.1 Å². The SMILES string of the molecule is CC1CC(n2c(=O)cc(Cl)[nH]c2=O)C1. The average molecular weight is 215 g/mol. The Labute approximate surface area is 85.5 Å². The van der Waals surface area contributed by atoms with Gasteiger partial charge in [-0.2, -0.15) is 0 Å². The lowest BCUT2D eigenvalue weighted by molar-refractivity contribution is 0.205. The molecule has 1 fully saturated rings. The summed E-state index contributed by atoms with van der Waals surface area (Å²) in [6.07, 6.45) is 1.79. The van der Waals surface area contributed by atoms with Crippen LogP contribution >= 0.6 is 11.6 Å². The zero-order valence-electron chi connectivity index (χ0n) is 7.79. The molecule has 1 aliphatic carbocycles. The first kappa shape index (κ1) is 9.52. The molecule has 0 radical (unpaired) electrons. The third-order valence-corrected chi connectivity index (χ3v) is 2.85. The van der Waals surface area contributed by atoms with E-state index in [1.165, 1.54) is 10.6 Å². The number of nitrogens with zero attached hydrogens (tertiary/aromatic N) is 1. The summed E-state index contributed by atoms with van der Waals surface area (Å²) in [5.41, 5.74) is -0.713. The highest BCUT2D eigenvalue weighted by atomic mass is 35.5. The molecule has 1 saturated carbocycles. The highest BCUT2D eigenvalue weighted by molar-refractivity contribution is 6.29. The van der Waals surface area contributed by atoms with E-state index in [0.717, 1.165) is 12.8 Å². The van der Waals surface area contributed by atoms with Crippen molar-refractivity contribution in [1.82, 2.24) is 9.55 Å². The molecule has 14 heavy (non-hydrogen) atoms. The largest absolute Gasteiger partial charge is 0.329 e. The molecule has 0 atom stereocenters. The van der Waals surface area contributed by atoms with Gasteiger partial charge in [-0.15, -0.1) is 0 Å². The molecular weight excluding hydrogens is 204 g/mol. The molecule has 0 aromatic carbocycles. The van der Waals surface area contributed by atoms with Crippen LogP contribution in [0.3, 0.4) is 0 Å². The predicted octanol–water partition coefficient (Wildman–Crippen LogP) is 1.16. The molecule has 0 spiro atoms. The van der Waals surface area contributed by atoms with Crippen molar-refractivity contribution >= 4 is 11.6 Å². The summed E-state index contributed by atoms with van der Waals surface area (Å²) >= 11 is 5.55. The van der Waals surface area contributed by atoms with Crippen LogP contribution in [0.1, 0.15) is 25.8 Å². The number of halogens is 1. The molecule has 76 valence electrons. The minimum atomic E-state index is -0.403. The summed E-state index contributed by atoms with van der Waals surface area (Å²) in [5, 5.41) is 0.101. The maximum Gasteiger partial charge on any atom is 0.329 e. The van der Waals surface area contributed by atoms with E-state index in [4.69, 9.17) is 11.6 Å². The molecule has 0 amide bonds. The van der Waals surface area contributed by atoms with Gasteiger partial charge in [0.25, 0.3) is 5.56 Å². The lowest BCUT2D eigenvalue weighted by Crippen LogP contribution is -2.42. The Morgan fingerprint density at radius 3 is 2.64 bits per heavy atom. The highest BCUT2D eigenvalue weighted by Gasteiger charge is 2.28. The fraction of sp³-hybridized carbons (Fsp3) is 0.556. The molecule has 0 unspecified atom stereocenters. The van der Waals surface area contributed by atoms with E-state index in [0.29, 0.717) is 5.92 Å². The second-order valence-electron chi connectivity index (χ2n) is 3.86. The maximum atomic E-state index is 11.5. The van der Waals surface area contributed by atoms with Crippen LogP contribution in [-0.4, -0.2) is 9.55 Å². The number of nitrogens with one attached hydrogen (secondary N) is 1. The molecule has 0 saturated heterocycles. The van der Waals surface area contributed by atoms with Gasteiger partial charge in [-0.25, -0.2) is 4.79 Å². The molecule has 1 aromatic rings. The second kappa shape index (κ2) is 3.28. The Balaban J connectivity index is 2.44. The van der Waals surface area contributed by atoms with E-state index in [2.05, 4.69) is 11.9 Å². The van der Waals surface area contributed by atoms with Crippen LogP contribution in [0, 0.1) is 5.92 Å². The van der Waals surface area contributed by atoms with Gasteiger partial charge >= 0.3 is 5.69 Å². The lowest BCUT2D eigenvalue weighted by Gasteiger charge is -2.33. The van der Waals surface area contributed by atoms with Crippen molar-refractivity contribution in [2.24, 2.45) is 5.92 Å². The van der Waals surface area contributed by atoms with Crippen LogP contribution in [0.15, 0.2) is 15.7 Å². The molecule has 1 N–H and O–H groups in total. The number of hydrogen-bond donors (Lipinski definition) is 1. The second-order valence-corrected chi connectivity index (χ2v) is 4.27. The maximum absolute atomic E-state index is 11.5. The van der Waals surface area contributed by atoms with Crippen molar-refractivity contribution in [2.75, 3.05) is 0 Å². The van der Waals surface area contributed by atoms with Gasteiger partial charge in [0.15, 0.2) is 0 Å². The van der Waals surface area contributed by atoms with Crippen molar-refractivity contribution in [3.63, 3.8) is 0 Å². The van der Waals surface area contributed by atoms with Gasteiger partial charge in [-0.1, -0.05) is 18.5 Å². The minimum absolute atomic E-state index is 0.0542. The number of H-pyrrole nitrogens is 1. The number of hydrogen-bond acceptors (Lipinski definition) is 2. The van der Waals surface area contributed by atoms with E-state index in [1.54, 1.807) is 0 Å². The third-order valence-electron chi connectivity index (χ3n) is 2.65. The Morgan fingerprint density at radius 1 is 1.50 bits per heavy atom. The number of rotatable bonds is 1. The first-order valence-corrected chi connectivity index (χ1v) is 4.97. The fourth-order valence-electron chi connectivity index (χ4n) is 1.89. The van der Waals surface area contributed by atoms with Gasteiger partial charge in [-0.05, 0) is 18.8 Å². The van der Waals surface area contributed by atoms with E-state index in [-0.39, 0.29) is 16.8 Å². The smallest absolute Gasteiger partial charge is 0.298 e. The Kier molecular flexibility index (Phi) is 2.23. The molecule has 4 nitrogen and oxygen atoms in total. The quantitative estimate of drug-likeness (QED) is 0.714. The third kappa shape index (κ3) is 1.50. The van der Waals surface area contributed by atoms with Crippen molar-refractivity contribution in [2.45, 2.75) is 25.8 Å². The van der Waals surface area contributed by atoms with E-state index in [9.17, 15) is 9.59 Å². The van der Waals surface area contributed by atoms with Crippen molar-refractivity contribution in [1.29, 1.82) is 0 Å². The van der Waals surface area contributed by atoms with Gasteiger partial charge in [0.05, 0.1) is 0 Å². The van der Waals surface area contributed by atoms with Crippen LogP contribution in [0.4, 0.5) is 0 Å². The molecular formula is C9H11ClN2O2.